The summed E-state index contributed by atoms with van der Waals surface area (Å²) < 4.78 is 0.901. The molecule has 0 amide bonds. The fourth-order valence-electron chi connectivity index (χ4n) is 1.40. The molecule has 88 valence electrons. The van der Waals surface area contributed by atoms with E-state index in [1.807, 2.05) is 37.4 Å². The van der Waals surface area contributed by atoms with Crippen LogP contribution >= 0.6 is 27.5 Å². The molecule has 1 heterocycles. The number of nitrogens with zero attached hydrogens (tertiary/aromatic N) is 1. The molecule has 2 rings (SSSR count). The van der Waals surface area contributed by atoms with E-state index < -0.39 is 0 Å². The lowest BCUT2D eigenvalue weighted by molar-refractivity contribution is 1.04. The van der Waals surface area contributed by atoms with Crippen LogP contribution in [0.3, 0.4) is 0 Å². The van der Waals surface area contributed by atoms with Crippen molar-refractivity contribution in [2.45, 2.75) is 13.5 Å². The number of halogens is 2. The Bertz CT molecular complexity index is 511. The zero-order chi connectivity index (χ0) is 12.3. The van der Waals surface area contributed by atoms with E-state index >= 15 is 0 Å². The monoisotopic (exact) mass is 310 g/mol. The Morgan fingerprint density at radius 3 is 2.76 bits per heavy atom. The van der Waals surface area contributed by atoms with Crippen molar-refractivity contribution in [2.24, 2.45) is 0 Å². The second kappa shape index (κ2) is 5.52. The molecule has 17 heavy (non-hydrogen) atoms. The quantitative estimate of drug-likeness (QED) is 0.907. The third kappa shape index (κ3) is 3.45. The highest BCUT2D eigenvalue weighted by Crippen LogP contribution is 2.25. The largest absolute Gasteiger partial charge is 0.379 e. The molecule has 1 N–H and O–H groups in total. The third-order valence-electron chi connectivity index (χ3n) is 2.37. The molecule has 0 radical (unpaired) electrons. The predicted octanol–water partition coefficient (Wildman–Crippen LogP) is 4.42. The molecule has 0 aliphatic heterocycles. The van der Waals surface area contributed by atoms with Gasteiger partial charge in [0.05, 0.1) is 17.3 Å². The molecule has 0 unspecified atom stereocenters. The molecule has 1 aromatic heterocycles. The summed E-state index contributed by atoms with van der Waals surface area (Å²) in [6.45, 7) is 2.72. The van der Waals surface area contributed by atoms with E-state index in [2.05, 4.69) is 32.3 Å². The van der Waals surface area contributed by atoms with Crippen molar-refractivity contribution in [3.63, 3.8) is 0 Å². The number of nitrogens with one attached hydrogen (secondary N) is 1. The molecular formula is C13H12BrClN2. The standard InChI is InChI=1S/C13H12BrClN2/c1-9-2-3-11(16-7-9)8-17-10-4-5-12(14)13(15)6-10/h2-7,17H,8H2,1H3. The van der Waals surface area contributed by atoms with Crippen LogP contribution in [0.5, 0.6) is 0 Å². The summed E-state index contributed by atoms with van der Waals surface area (Å²) in [5.41, 5.74) is 3.16. The zero-order valence-electron chi connectivity index (χ0n) is 9.37. The van der Waals surface area contributed by atoms with E-state index in [-0.39, 0.29) is 0 Å². The van der Waals surface area contributed by atoms with Crippen LogP contribution in [0.4, 0.5) is 5.69 Å². The average molecular weight is 312 g/mol. The highest BCUT2D eigenvalue weighted by molar-refractivity contribution is 9.10. The maximum atomic E-state index is 6.01. The summed E-state index contributed by atoms with van der Waals surface area (Å²) in [6, 6.07) is 9.86. The second-order valence-corrected chi connectivity index (χ2v) is 5.07. The summed E-state index contributed by atoms with van der Waals surface area (Å²) in [5, 5.41) is 3.98. The third-order valence-corrected chi connectivity index (χ3v) is 3.60. The smallest absolute Gasteiger partial charge is 0.0594 e. The second-order valence-electron chi connectivity index (χ2n) is 3.81. The van der Waals surface area contributed by atoms with Gasteiger partial charge in [-0.25, -0.2) is 0 Å². The number of hydrogen-bond acceptors (Lipinski definition) is 2. The lowest BCUT2D eigenvalue weighted by Gasteiger charge is -2.07. The van der Waals surface area contributed by atoms with Crippen molar-refractivity contribution in [3.05, 3.63) is 57.3 Å². The maximum Gasteiger partial charge on any atom is 0.0594 e. The SMILES string of the molecule is Cc1ccc(CNc2ccc(Br)c(Cl)c2)nc1. The molecule has 2 nitrogen and oxygen atoms in total. The molecule has 0 saturated heterocycles. The highest BCUT2D eigenvalue weighted by Gasteiger charge is 1.99. The van der Waals surface area contributed by atoms with Crippen molar-refractivity contribution in [1.29, 1.82) is 0 Å². The first-order valence-corrected chi connectivity index (χ1v) is 6.43. The van der Waals surface area contributed by atoms with Crippen molar-refractivity contribution < 1.29 is 0 Å². The molecular weight excluding hydrogens is 300 g/mol. The minimum Gasteiger partial charge on any atom is -0.379 e. The fraction of sp³-hybridized carbons (Fsp3) is 0.154. The van der Waals surface area contributed by atoms with E-state index in [1.54, 1.807) is 0 Å². The zero-order valence-corrected chi connectivity index (χ0v) is 11.7. The highest BCUT2D eigenvalue weighted by atomic mass is 79.9. The lowest BCUT2D eigenvalue weighted by atomic mass is 10.2. The Kier molecular flexibility index (Phi) is 4.02. The van der Waals surface area contributed by atoms with Gasteiger partial charge in [0.25, 0.3) is 0 Å². The number of aryl methyl sites for hydroxylation is 1. The van der Waals surface area contributed by atoms with Gasteiger partial charge in [-0.05, 0) is 52.7 Å². The summed E-state index contributed by atoms with van der Waals surface area (Å²) in [4.78, 5) is 4.33. The molecule has 4 heteroatoms. The molecule has 0 fully saturated rings. The average Bonchev–Trinajstić information content (AvgIpc) is 2.33. The maximum absolute atomic E-state index is 6.01. The topological polar surface area (TPSA) is 24.9 Å². The molecule has 0 bridgehead atoms. The van der Waals surface area contributed by atoms with Crippen molar-refractivity contribution in [3.8, 4) is 0 Å². The van der Waals surface area contributed by atoms with E-state index in [4.69, 9.17) is 11.6 Å². The summed E-state index contributed by atoms with van der Waals surface area (Å²) >= 11 is 9.38. The van der Waals surface area contributed by atoms with Crippen LogP contribution in [0.2, 0.25) is 5.02 Å². The summed E-state index contributed by atoms with van der Waals surface area (Å²) in [6.07, 6.45) is 1.87. The van der Waals surface area contributed by atoms with Crippen LogP contribution in [-0.2, 0) is 6.54 Å². The van der Waals surface area contributed by atoms with Crippen molar-refractivity contribution >= 4 is 33.2 Å². The van der Waals surface area contributed by atoms with Crippen LogP contribution in [-0.4, -0.2) is 4.98 Å². The van der Waals surface area contributed by atoms with Gasteiger partial charge in [-0.2, -0.15) is 0 Å². The Labute approximate surface area is 114 Å². The predicted molar refractivity (Wildman–Crippen MR) is 75.5 cm³/mol. The van der Waals surface area contributed by atoms with Gasteiger partial charge >= 0.3 is 0 Å². The molecule has 0 aliphatic rings. The van der Waals surface area contributed by atoms with Gasteiger partial charge in [-0.1, -0.05) is 17.7 Å². The first-order chi connectivity index (χ1) is 8.15. The van der Waals surface area contributed by atoms with Crippen LogP contribution < -0.4 is 5.32 Å². The van der Waals surface area contributed by atoms with E-state index in [9.17, 15) is 0 Å². The summed E-state index contributed by atoms with van der Waals surface area (Å²) in [5.74, 6) is 0. The van der Waals surface area contributed by atoms with Gasteiger partial charge in [0.2, 0.25) is 0 Å². The number of aromatic nitrogens is 1. The molecule has 2 aromatic rings. The number of rotatable bonds is 3. The summed E-state index contributed by atoms with van der Waals surface area (Å²) in [7, 11) is 0. The number of anilines is 1. The normalized spacial score (nSPS) is 10.3. The lowest BCUT2D eigenvalue weighted by Crippen LogP contribution is -2.01. The van der Waals surface area contributed by atoms with Crippen molar-refractivity contribution in [2.75, 3.05) is 5.32 Å². The first kappa shape index (κ1) is 12.4. The Morgan fingerprint density at radius 1 is 1.29 bits per heavy atom. The fourth-order valence-corrected chi connectivity index (χ4v) is 1.83. The molecule has 0 saturated carbocycles. The number of pyridine rings is 1. The van der Waals surface area contributed by atoms with E-state index in [1.165, 1.54) is 5.56 Å². The van der Waals surface area contributed by atoms with Gasteiger partial charge in [0, 0.05) is 16.4 Å². The number of benzene rings is 1. The molecule has 0 spiro atoms. The number of hydrogen-bond donors (Lipinski definition) is 1. The van der Waals surface area contributed by atoms with Gasteiger partial charge in [-0.3, -0.25) is 4.98 Å². The minimum atomic E-state index is 0.693. The minimum absolute atomic E-state index is 0.693. The van der Waals surface area contributed by atoms with Gasteiger partial charge in [0.15, 0.2) is 0 Å². The van der Waals surface area contributed by atoms with Crippen LogP contribution in [0.1, 0.15) is 11.3 Å². The van der Waals surface area contributed by atoms with Crippen LogP contribution in [0.15, 0.2) is 41.0 Å². The van der Waals surface area contributed by atoms with Crippen LogP contribution in [0.25, 0.3) is 0 Å². The van der Waals surface area contributed by atoms with E-state index in [0.29, 0.717) is 11.6 Å². The van der Waals surface area contributed by atoms with Crippen LogP contribution in [0, 0.1) is 6.92 Å². The molecule has 0 atom stereocenters. The Hall–Kier alpha value is -1.06. The van der Waals surface area contributed by atoms with Crippen molar-refractivity contribution in [1.82, 2.24) is 4.98 Å². The van der Waals surface area contributed by atoms with Gasteiger partial charge in [0.1, 0.15) is 0 Å². The Balaban J connectivity index is 2.02. The van der Waals surface area contributed by atoms with Gasteiger partial charge in [-0.15, -0.1) is 0 Å². The molecule has 1 aromatic carbocycles. The Morgan fingerprint density at radius 2 is 2.12 bits per heavy atom. The first-order valence-electron chi connectivity index (χ1n) is 5.25. The van der Waals surface area contributed by atoms with E-state index in [0.717, 1.165) is 15.9 Å². The van der Waals surface area contributed by atoms with Gasteiger partial charge < -0.3 is 5.32 Å². The molecule has 0 aliphatic carbocycles.